The van der Waals surface area contributed by atoms with Gasteiger partial charge < -0.3 is 19.3 Å². The van der Waals surface area contributed by atoms with Gasteiger partial charge in [0.15, 0.2) is 6.10 Å². The summed E-state index contributed by atoms with van der Waals surface area (Å²) in [5.74, 6) is -1.02. The number of carbonyl (C=O) groups excluding carboxylic acids is 3. The highest BCUT2D eigenvalue weighted by molar-refractivity contribution is 7.55. The molecular weight excluding hydrogens is 459 g/mol. The molecule has 2 heterocycles. The number of esters is 2. The summed E-state index contributed by atoms with van der Waals surface area (Å²) in [4.78, 5) is 46.9. The van der Waals surface area contributed by atoms with Crippen molar-refractivity contribution in [1.29, 1.82) is 0 Å². The standard InChI is InChI=1S/C20H31N2O10P/c1-13-9-14(22-31-13)10-27-15(23)7-8-21-17(24)16-20(5,6)11-29-33(26,32-16)30-12-28-18(25)19(2,3)4/h9,16,26H,7-8,10-12H2,1-6H3/p+1/t16-,33?/m0/s1. The molecular formula is C20H32N2O10P+. The van der Waals surface area contributed by atoms with Crippen LogP contribution in [0.4, 0.5) is 0 Å². The van der Waals surface area contributed by atoms with Crippen LogP contribution in [0.2, 0.25) is 0 Å². The minimum absolute atomic E-state index is 0.00671. The van der Waals surface area contributed by atoms with Crippen LogP contribution in [-0.2, 0) is 44.0 Å². The zero-order chi connectivity index (χ0) is 24.9. The number of hydrogen-bond donors (Lipinski definition) is 2. The molecule has 0 radical (unpaired) electrons. The molecule has 1 aliphatic rings. The Bertz CT molecular complexity index is 850. The summed E-state index contributed by atoms with van der Waals surface area (Å²) in [6.45, 7) is 9.49. The molecule has 1 saturated heterocycles. The molecule has 0 bridgehead atoms. The van der Waals surface area contributed by atoms with Gasteiger partial charge in [0, 0.05) is 18.0 Å². The van der Waals surface area contributed by atoms with Gasteiger partial charge in [-0.25, -0.2) is 0 Å². The molecule has 0 aromatic carbocycles. The summed E-state index contributed by atoms with van der Waals surface area (Å²) in [6.07, 6.45) is -1.21. The number of nitrogens with zero attached hydrogens (tertiary/aromatic N) is 1. The quantitative estimate of drug-likeness (QED) is 0.297. The molecule has 0 saturated carbocycles. The van der Waals surface area contributed by atoms with Crippen molar-refractivity contribution < 1.29 is 46.8 Å². The van der Waals surface area contributed by atoms with Crippen LogP contribution in [0.25, 0.3) is 0 Å². The maximum Gasteiger partial charge on any atom is 0.576 e. The van der Waals surface area contributed by atoms with E-state index in [0.29, 0.717) is 11.5 Å². The van der Waals surface area contributed by atoms with Gasteiger partial charge in [0.25, 0.3) is 5.91 Å². The average Bonchev–Trinajstić information content (AvgIpc) is 3.13. The summed E-state index contributed by atoms with van der Waals surface area (Å²) in [5, 5.41) is 6.30. The molecule has 0 aliphatic carbocycles. The van der Waals surface area contributed by atoms with Gasteiger partial charge in [-0.3, -0.25) is 14.4 Å². The molecule has 13 heteroatoms. The lowest BCUT2D eigenvalue weighted by molar-refractivity contribution is -0.165. The number of hydrogen-bond acceptors (Lipinski definition) is 11. The molecule has 2 rings (SSSR count). The first-order valence-corrected chi connectivity index (χ1v) is 11.8. The predicted molar refractivity (Wildman–Crippen MR) is 114 cm³/mol. The molecule has 0 spiro atoms. The van der Waals surface area contributed by atoms with E-state index in [1.807, 2.05) is 0 Å². The highest BCUT2D eigenvalue weighted by Crippen LogP contribution is 2.63. The van der Waals surface area contributed by atoms with Crippen molar-refractivity contribution in [2.45, 2.75) is 60.7 Å². The average molecular weight is 491 g/mol. The second-order valence-corrected chi connectivity index (χ2v) is 10.9. The summed E-state index contributed by atoms with van der Waals surface area (Å²) < 4.78 is 30.8. The third kappa shape index (κ3) is 8.31. The third-order valence-corrected chi connectivity index (χ3v) is 5.85. The lowest BCUT2D eigenvalue weighted by Crippen LogP contribution is -2.50. The second-order valence-electron chi connectivity index (χ2n) is 9.28. The molecule has 1 aliphatic heterocycles. The van der Waals surface area contributed by atoms with Gasteiger partial charge in [0.1, 0.15) is 24.7 Å². The first-order valence-electron chi connectivity index (χ1n) is 10.3. The van der Waals surface area contributed by atoms with Crippen molar-refractivity contribution in [3.05, 3.63) is 17.5 Å². The molecule has 186 valence electrons. The van der Waals surface area contributed by atoms with Crippen LogP contribution >= 0.6 is 8.17 Å². The molecule has 1 unspecified atom stereocenters. The van der Waals surface area contributed by atoms with Gasteiger partial charge in [0.2, 0.25) is 6.79 Å². The van der Waals surface area contributed by atoms with Crippen LogP contribution in [0.1, 0.15) is 52.5 Å². The minimum Gasteiger partial charge on any atom is -0.459 e. The molecule has 12 nitrogen and oxygen atoms in total. The Labute approximate surface area is 192 Å². The summed E-state index contributed by atoms with van der Waals surface area (Å²) in [7, 11) is -3.90. The smallest absolute Gasteiger partial charge is 0.459 e. The number of aryl methyl sites for hydroxylation is 1. The van der Waals surface area contributed by atoms with Crippen molar-refractivity contribution in [2.75, 3.05) is 19.9 Å². The van der Waals surface area contributed by atoms with E-state index in [4.69, 9.17) is 27.6 Å². The Morgan fingerprint density at radius 3 is 2.61 bits per heavy atom. The van der Waals surface area contributed by atoms with Crippen LogP contribution < -0.4 is 5.32 Å². The fraction of sp³-hybridized carbons (Fsp3) is 0.700. The maximum absolute atomic E-state index is 12.7. The van der Waals surface area contributed by atoms with Gasteiger partial charge in [-0.2, -0.15) is 9.42 Å². The highest BCUT2D eigenvalue weighted by atomic mass is 31.2. The normalized spacial score (nSPS) is 22.5. The number of carbonyl (C=O) groups is 3. The monoisotopic (exact) mass is 491 g/mol. The molecule has 1 aromatic heterocycles. The Balaban J connectivity index is 1.81. The zero-order valence-corrected chi connectivity index (χ0v) is 20.6. The SMILES string of the molecule is Cc1cc(COC(=O)CCNC(=O)[C@@H]2O[P+](O)(OCOC(=O)C(C)(C)C)OCC2(C)C)no1. The van der Waals surface area contributed by atoms with E-state index in [1.165, 1.54) is 0 Å². The van der Waals surface area contributed by atoms with Crippen LogP contribution in [-0.4, -0.2) is 53.9 Å². The van der Waals surface area contributed by atoms with E-state index < -0.39 is 49.7 Å². The minimum atomic E-state index is -3.90. The van der Waals surface area contributed by atoms with Crippen LogP contribution in [0.15, 0.2) is 10.6 Å². The van der Waals surface area contributed by atoms with E-state index in [-0.39, 0.29) is 26.2 Å². The number of nitrogens with one attached hydrogen (secondary N) is 1. The number of rotatable bonds is 9. The zero-order valence-electron chi connectivity index (χ0n) is 19.7. The van der Waals surface area contributed by atoms with Crippen molar-refractivity contribution in [3.8, 4) is 0 Å². The Hall–Kier alpha value is -2.11. The van der Waals surface area contributed by atoms with Gasteiger partial charge in [-0.05, 0) is 27.7 Å². The van der Waals surface area contributed by atoms with Gasteiger partial charge >= 0.3 is 20.1 Å². The Morgan fingerprint density at radius 1 is 1.30 bits per heavy atom. The van der Waals surface area contributed by atoms with E-state index in [9.17, 15) is 19.3 Å². The topological polar surface area (TPSA) is 156 Å². The van der Waals surface area contributed by atoms with Crippen molar-refractivity contribution in [3.63, 3.8) is 0 Å². The largest absolute Gasteiger partial charge is 0.576 e. The summed E-state index contributed by atoms with van der Waals surface area (Å²) in [5.41, 5.74) is -1.07. The molecule has 1 fully saturated rings. The van der Waals surface area contributed by atoms with E-state index in [1.54, 1.807) is 47.6 Å². The second kappa shape index (κ2) is 10.9. The van der Waals surface area contributed by atoms with Crippen LogP contribution in [0.5, 0.6) is 0 Å². The molecule has 2 N–H and O–H groups in total. The third-order valence-electron chi connectivity index (χ3n) is 4.49. The van der Waals surface area contributed by atoms with Crippen molar-refractivity contribution in [1.82, 2.24) is 10.5 Å². The van der Waals surface area contributed by atoms with Crippen LogP contribution in [0, 0.1) is 17.8 Å². The van der Waals surface area contributed by atoms with E-state index in [2.05, 4.69) is 10.5 Å². The lowest BCUT2D eigenvalue weighted by Gasteiger charge is -2.36. The van der Waals surface area contributed by atoms with E-state index >= 15 is 0 Å². The number of aromatic nitrogens is 1. The summed E-state index contributed by atoms with van der Waals surface area (Å²) >= 11 is 0. The predicted octanol–water partition coefficient (Wildman–Crippen LogP) is 2.21. The molecule has 33 heavy (non-hydrogen) atoms. The van der Waals surface area contributed by atoms with Crippen molar-refractivity contribution in [2.24, 2.45) is 10.8 Å². The lowest BCUT2D eigenvalue weighted by atomic mass is 9.87. The Kier molecular flexibility index (Phi) is 8.94. The fourth-order valence-corrected chi connectivity index (χ4v) is 4.08. The van der Waals surface area contributed by atoms with Crippen molar-refractivity contribution >= 4 is 26.0 Å². The molecule has 1 amide bonds. The van der Waals surface area contributed by atoms with E-state index in [0.717, 1.165) is 0 Å². The first-order chi connectivity index (χ1) is 15.2. The Morgan fingerprint density at radius 2 is 2.00 bits per heavy atom. The first kappa shape index (κ1) is 27.1. The van der Waals surface area contributed by atoms with Crippen LogP contribution in [0.3, 0.4) is 0 Å². The van der Waals surface area contributed by atoms with Gasteiger partial charge in [-0.1, -0.05) is 19.0 Å². The molecule has 1 aromatic rings. The van der Waals surface area contributed by atoms with Gasteiger partial charge in [0.05, 0.1) is 11.8 Å². The van der Waals surface area contributed by atoms with Gasteiger partial charge in [-0.15, -0.1) is 9.05 Å². The fourth-order valence-electron chi connectivity index (χ4n) is 2.56. The molecule has 2 atom stereocenters. The summed E-state index contributed by atoms with van der Waals surface area (Å²) in [6, 6.07) is 1.65. The highest BCUT2D eigenvalue weighted by Gasteiger charge is 2.59. The number of amides is 1. The number of ether oxygens (including phenoxy) is 2. The maximum atomic E-state index is 12.7.